The standard InChI is InChI=1S/C32H32N2O4/c1-2-38-32(36)29-19-18-28(33-21-25-12-6-3-7-13-25)20-30(29)34(22-26-14-8-4-9-15-26)31(35)24-37-23-27-16-10-5-11-17-27/h3-20,33H,2,21-24H2,1H3. The Labute approximate surface area is 223 Å². The van der Waals surface area contributed by atoms with Crippen LogP contribution in [0.25, 0.3) is 0 Å². The fourth-order valence-corrected chi connectivity index (χ4v) is 4.03. The molecular weight excluding hydrogens is 476 g/mol. The van der Waals surface area contributed by atoms with E-state index in [1.807, 2.05) is 103 Å². The van der Waals surface area contributed by atoms with Crippen LogP contribution in [0.5, 0.6) is 0 Å². The van der Waals surface area contributed by atoms with Crippen molar-refractivity contribution in [2.75, 3.05) is 23.4 Å². The van der Waals surface area contributed by atoms with Gasteiger partial charge < -0.3 is 19.7 Å². The number of nitrogens with one attached hydrogen (secondary N) is 1. The van der Waals surface area contributed by atoms with Crippen molar-refractivity contribution in [1.29, 1.82) is 0 Å². The van der Waals surface area contributed by atoms with Crippen LogP contribution in [-0.2, 0) is 34.0 Å². The first kappa shape index (κ1) is 26.6. The van der Waals surface area contributed by atoms with Gasteiger partial charge in [0.15, 0.2) is 0 Å². The Hall–Kier alpha value is -4.42. The number of carbonyl (C=O) groups excluding carboxylic acids is 2. The molecule has 0 heterocycles. The Morgan fingerprint density at radius 2 is 1.37 bits per heavy atom. The number of hydrogen-bond acceptors (Lipinski definition) is 5. The number of rotatable bonds is 12. The van der Waals surface area contributed by atoms with Crippen molar-refractivity contribution in [3.05, 3.63) is 131 Å². The summed E-state index contributed by atoms with van der Waals surface area (Å²) in [5.74, 6) is -0.733. The number of anilines is 2. The molecule has 0 bridgehead atoms. The first-order valence-corrected chi connectivity index (χ1v) is 12.7. The van der Waals surface area contributed by atoms with E-state index in [9.17, 15) is 9.59 Å². The number of benzene rings is 4. The van der Waals surface area contributed by atoms with Gasteiger partial charge in [-0.05, 0) is 41.8 Å². The van der Waals surface area contributed by atoms with E-state index in [1.54, 1.807) is 17.9 Å². The van der Waals surface area contributed by atoms with Crippen LogP contribution in [-0.4, -0.2) is 25.1 Å². The topological polar surface area (TPSA) is 67.9 Å². The van der Waals surface area contributed by atoms with Crippen molar-refractivity contribution in [3.63, 3.8) is 0 Å². The third-order valence-electron chi connectivity index (χ3n) is 5.94. The van der Waals surface area contributed by atoms with Gasteiger partial charge in [-0.2, -0.15) is 0 Å². The molecule has 0 radical (unpaired) electrons. The Kier molecular flexibility index (Phi) is 9.65. The van der Waals surface area contributed by atoms with Gasteiger partial charge in [0.05, 0.1) is 31.0 Å². The van der Waals surface area contributed by atoms with Crippen LogP contribution in [0.2, 0.25) is 0 Å². The molecule has 0 saturated carbocycles. The zero-order valence-electron chi connectivity index (χ0n) is 21.5. The molecule has 0 fully saturated rings. The van der Waals surface area contributed by atoms with Crippen LogP contribution in [0.1, 0.15) is 34.0 Å². The lowest BCUT2D eigenvalue weighted by Gasteiger charge is -2.26. The largest absolute Gasteiger partial charge is 0.462 e. The highest BCUT2D eigenvalue weighted by molar-refractivity contribution is 6.03. The van der Waals surface area contributed by atoms with E-state index in [0.29, 0.717) is 24.4 Å². The second-order valence-electron chi connectivity index (χ2n) is 8.74. The van der Waals surface area contributed by atoms with Gasteiger partial charge in [0, 0.05) is 12.2 Å². The van der Waals surface area contributed by atoms with E-state index >= 15 is 0 Å². The summed E-state index contributed by atoms with van der Waals surface area (Å²) in [5.41, 5.74) is 4.61. The van der Waals surface area contributed by atoms with Gasteiger partial charge in [0.2, 0.25) is 0 Å². The van der Waals surface area contributed by atoms with Crippen LogP contribution in [0.3, 0.4) is 0 Å². The molecule has 4 rings (SSSR count). The van der Waals surface area contributed by atoms with Gasteiger partial charge in [-0.15, -0.1) is 0 Å². The zero-order valence-corrected chi connectivity index (χ0v) is 21.5. The average Bonchev–Trinajstić information content (AvgIpc) is 2.96. The van der Waals surface area contributed by atoms with Crippen molar-refractivity contribution < 1.29 is 19.1 Å². The van der Waals surface area contributed by atoms with E-state index in [1.165, 1.54) is 0 Å². The summed E-state index contributed by atoms with van der Waals surface area (Å²) in [6.45, 7) is 3.06. The number of nitrogens with zero attached hydrogens (tertiary/aromatic N) is 1. The van der Waals surface area contributed by atoms with Crippen LogP contribution in [0.15, 0.2) is 109 Å². The maximum Gasteiger partial charge on any atom is 0.340 e. The molecule has 0 atom stereocenters. The minimum Gasteiger partial charge on any atom is -0.462 e. The predicted octanol–water partition coefficient (Wildman–Crippen LogP) is 6.23. The Morgan fingerprint density at radius 3 is 2.00 bits per heavy atom. The highest BCUT2D eigenvalue weighted by atomic mass is 16.5. The third-order valence-corrected chi connectivity index (χ3v) is 5.94. The van der Waals surface area contributed by atoms with E-state index < -0.39 is 5.97 Å². The average molecular weight is 509 g/mol. The first-order chi connectivity index (χ1) is 18.6. The van der Waals surface area contributed by atoms with E-state index in [4.69, 9.17) is 9.47 Å². The summed E-state index contributed by atoms with van der Waals surface area (Å²) >= 11 is 0. The molecule has 0 aliphatic carbocycles. The van der Waals surface area contributed by atoms with Gasteiger partial charge in [0.25, 0.3) is 5.91 Å². The fourth-order valence-electron chi connectivity index (χ4n) is 4.03. The maximum absolute atomic E-state index is 13.6. The zero-order chi connectivity index (χ0) is 26.6. The van der Waals surface area contributed by atoms with E-state index in [2.05, 4.69) is 5.32 Å². The van der Waals surface area contributed by atoms with Crippen molar-refractivity contribution in [2.45, 2.75) is 26.6 Å². The normalized spacial score (nSPS) is 10.6. The monoisotopic (exact) mass is 508 g/mol. The summed E-state index contributed by atoms with van der Waals surface area (Å²) < 4.78 is 11.1. The molecule has 4 aromatic rings. The molecule has 4 aromatic carbocycles. The molecule has 6 nitrogen and oxygen atoms in total. The predicted molar refractivity (Wildman–Crippen MR) is 150 cm³/mol. The van der Waals surface area contributed by atoms with Gasteiger partial charge >= 0.3 is 5.97 Å². The van der Waals surface area contributed by atoms with Crippen molar-refractivity contribution in [3.8, 4) is 0 Å². The molecule has 38 heavy (non-hydrogen) atoms. The lowest BCUT2D eigenvalue weighted by Crippen LogP contribution is -2.35. The lowest BCUT2D eigenvalue weighted by molar-refractivity contribution is -0.123. The molecule has 6 heteroatoms. The molecular formula is C32H32N2O4. The molecule has 0 spiro atoms. The first-order valence-electron chi connectivity index (χ1n) is 12.7. The summed E-state index contributed by atoms with van der Waals surface area (Å²) in [5, 5.41) is 3.40. The highest BCUT2D eigenvalue weighted by Gasteiger charge is 2.24. The molecule has 1 N–H and O–H groups in total. The number of hydrogen-bond donors (Lipinski definition) is 1. The van der Waals surface area contributed by atoms with Crippen molar-refractivity contribution in [2.24, 2.45) is 0 Å². The molecule has 0 unspecified atom stereocenters. The quantitative estimate of drug-likeness (QED) is 0.230. The van der Waals surface area contributed by atoms with Crippen molar-refractivity contribution in [1.82, 2.24) is 0 Å². The van der Waals surface area contributed by atoms with Gasteiger partial charge in [0.1, 0.15) is 6.61 Å². The Balaban J connectivity index is 1.62. The Morgan fingerprint density at radius 1 is 0.763 bits per heavy atom. The van der Waals surface area contributed by atoms with Crippen LogP contribution >= 0.6 is 0 Å². The summed E-state index contributed by atoms with van der Waals surface area (Å²) in [7, 11) is 0. The summed E-state index contributed by atoms with van der Waals surface area (Å²) in [4.78, 5) is 28.1. The second-order valence-corrected chi connectivity index (χ2v) is 8.74. The lowest BCUT2D eigenvalue weighted by atomic mass is 10.1. The highest BCUT2D eigenvalue weighted by Crippen LogP contribution is 2.28. The minimum absolute atomic E-state index is 0.133. The number of carbonyl (C=O) groups is 2. The minimum atomic E-state index is -0.479. The summed E-state index contributed by atoms with van der Waals surface area (Å²) in [6, 6.07) is 34.8. The second kappa shape index (κ2) is 13.8. The van der Waals surface area contributed by atoms with Crippen molar-refractivity contribution >= 4 is 23.3 Å². The maximum atomic E-state index is 13.6. The SMILES string of the molecule is CCOC(=O)c1ccc(NCc2ccccc2)cc1N(Cc1ccccc1)C(=O)COCc1ccccc1. The number of amides is 1. The Bertz CT molecular complexity index is 1310. The van der Waals surface area contributed by atoms with Crippen LogP contribution < -0.4 is 10.2 Å². The van der Waals surface area contributed by atoms with Crippen LogP contribution in [0, 0.1) is 0 Å². The van der Waals surface area contributed by atoms with Crippen LogP contribution in [0.4, 0.5) is 11.4 Å². The van der Waals surface area contributed by atoms with E-state index in [-0.39, 0.29) is 25.7 Å². The molecule has 0 aliphatic heterocycles. The number of esters is 1. The molecule has 0 aliphatic rings. The molecule has 0 saturated heterocycles. The molecule has 1 amide bonds. The van der Waals surface area contributed by atoms with Gasteiger partial charge in [-0.3, -0.25) is 4.79 Å². The van der Waals surface area contributed by atoms with Gasteiger partial charge in [-0.25, -0.2) is 4.79 Å². The van der Waals surface area contributed by atoms with Gasteiger partial charge in [-0.1, -0.05) is 91.0 Å². The summed E-state index contributed by atoms with van der Waals surface area (Å²) in [6.07, 6.45) is 0. The number of ether oxygens (including phenoxy) is 2. The fraction of sp³-hybridized carbons (Fsp3) is 0.188. The molecule has 0 aromatic heterocycles. The van der Waals surface area contributed by atoms with E-state index in [0.717, 1.165) is 22.4 Å². The smallest absolute Gasteiger partial charge is 0.340 e. The molecule has 194 valence electrons. The third kappa shape index (κ3) is 7.54.